The van der Waals surface area contributed by atoms with Gasteiger partial charge in [0.1, 0.15) is 41.9 Å². The number of carboxylic acid groups (broad SMARTS) is 1. The molecule has 304 valence electrons. The van der Waals surface area contributed by atoms with E-state index in [1.54, 1.807) is 31.3 Å². The van der Waals surface area contributed by atoms with E-state index in [1.807, 2.05) is 24.3 Å². The summed E-state index contributed by atoms with van der Waals surface area (Å²) in [6.45, 7) is 9.01. The molecule has 4 aromatic rings. The number of nitrogens with zero attached hydrogens (tertiary/aromatic N) is 3. The summed E-state index contributed by atoms with van der Waals surface area (Å²) in [4.78, 5) is 28.2. The summed E-state index contributed by atoms with van der Waals surface area (Å²) in [5.41, 5.74) is 12.4. The third-order valence-electron chi connectivity index (χ3n) is 9.70. The molecule has 13 nitrogen and oxygen atoms in total. The van der Waals surface area contributed by atoms with Crippen LogP contribution >= 0.6 is 11.6 Å². The Morgan fingerprint density at radius 3 is 2.37 bits per heavy atom. The van der Waals surface area contributed by atoms with E-state index < -0.39 is 11.4 Å². The normalized spacial score (nSPS) is 14.9. The Morgan fingerprint density at radius 2 is 1.70 bits per heavy atom. The lowest BCUT2D eigenvalue weighted by Gasteiger charge is -2.24. The molecule has 0 bridgehead atoms. The minimum Gasteiger partial charge on any atom is -0.493 e. The second kappa shape index (κ2) is 21.9. The van der Waals surface area contributed by atoms with E-state index >= 15 is 0 Å². The summed E-state index contributed by atoms with van der Waals surface area (Å²) in [6.07, 6.45) is 4.38. The van der Waals surface area contributed by atoms with Crippen molar-refractivity contribution in [1.29, 1.82) is 5.26 Å². The van der Waals surface area contributed by atoms with Crippen molar-refractivity contribution in [3.05, 3.63) is 105 Å². The van der Waals surface area contributed by atoms with Gasteiger partial charge in [0.25, 0.3) is 0 Å². The largest absolute Gasteiger partial charge is 0.493 e. The maximum absolute atomic E-state index is 12.5. The minimum atomic E-state index is -0.961. The number of nitrogens with two attached hydrogens (primary N) is 1. The van der Waals surface area contributed by atoms with Gasteiger partial charge in [-0.2, -0.15) is 5.26 Å². The van der Waals surface area contributed by atoms with Crippen LogP contribution in [0.1, 0.15) is 59.6 Å². The molecule has 1 aromatic heterocycles. The monoisotopic (exact) mass is 802 g/mol. The van der Waals surface area contributed by atoms with Crippen molar-refractivity contribution < 1.29 is 43.9 Å². The van der Waals surface area contributed by atoms with Crippen LogP contribution in [0.3, 0.4) is 0 Å². The van der Waals surface area contributed by atoms with Gasteiger partial charge in [-0.25, -0.2) is 0 Å². The Kier molecular flexibility index (Phi) is 17.1. The van der Waals surface area contributed by atoms with Crippen molar-refractivity contribution in [2.24, 2.45) is 11.1 Å². The molecule has 0 aliphatic carbocycles. The Labute approximate surface area is 338 Å². The first-order chi connectivity index (χ1) is 27.5. The average molecular weight is 803 g/mol. The van der Waals surface area contributed by atoms with Gasteiger partial charge in [0.05, 0.1) is 43.4 Å². The van der Waals surface area contributed by atoms with E-state index in [9.17, 15) is 20.0 Å². The number of aliphatic hydroxyl groups excluding tert-OH is 2. The van der Waals surface area contributed by atoms with Crippen molar-refractivity contribution in [3.8, 4) is 34.4 Å². The minimum absolute atomic E-state index is 0.153. The Balaban J connectivity index is 0.00000111. The number of nitriles is 1. The Hall–Kier alpha value is -5.23. The summed E-state index contributed by atoms with van der Waals surface area (Å²) in [5, 5.41) is 35.2. The molecule has 1 unspecified atom stereocenters. The molecule has 0 saturated carbocycles. The number of carboxylic acids is 1. The molecule has 2 heterocycles. The third-order valence-corrected chi connectivity index (χ3v) is 10.00. The van der Waals surface area contributed by atoms with E-state index in [-0.39, 0.29) is 45.4 Å². The van der Waals surface area contributed by atoms with Gasteiger partial charge >= 0.3 is 11.9 Å². The van der Waals surface area contributed by atoms with Gasteiger partial charge in [-0.3, -0.25) is 14.6 Å². The molecule has 5 N–H and O–H groups in total. The SMILES string of the molecule is CCOC(=O)C1(CO)CCN(CCCOc2cccc(-c3cccc(COc4cc(OCc5cncc(C#N)c5)c(CN)cc4Cl)c3C)c2C)C1.O=C(O)CCO. The highest BCUT2D eigenvalue weighted by Gasteiger charge is 2.45. The number of rotatable bonds is 18. The smallest absolute Gasteiger partial charge is 0.315 e. The van der Waals surface area contributed by atoms with Crippen LogP contribution in [0.25, 0.3) is 11.1 Å². The van der Waals surface area contributed by atoms with Crippen LogP contribution in [-0.2, 0) is 34.1 Å². The number of pyridine rings is 1. The van der Waals surface area contributed by atoms with Crippen LogP contribution in [0.5, 0.6) is 17.2 Å². The highest BCUT2D eigenvalue weighted by atomic mass is 35.5. The number of carbonyl (C=O) groups is 2. The second-order valence-electron chi connectivity index (χ2n) is 13.6. The number of benzene rings is 3. The number of esters is 1. The standard InChI is InChI=1S/C40H45ClN4O6.C3H6O3/c1-4-48-39(47)40(26-46)12-14-45(25-40)13-7-15-49-36-11-6-10-34(28(36)3)33-9-5-8-31(27(33)2)24-51-38-18-37(32(20-43)17-35(38)41)50-23-30-16-29(19-42)21-44-22-30;4-2-1-3(5)6/h5-6,8-11,16-18,21-22,46H,4,7,12-15,20,23-26,43H2,1-3H3;4H,1-2H2,(H,5,6). The fourth-order valence-corrected chi connectivity index (χ4v) is 6.72. The summed E-state index contributed by atoms with van der Waals surface area (Å²) in [6, 6.07) is 19.6. The number of aliphatic carboxylic acids is 1. The van der Waals surface area contributed by atoms with Gasteiger partial charge in [0.15, 0.2) is 0 Å². The van der Waals surface area contributed by atoms with E-state index in [2.05, 4.69) is 41.9 Å². The summed E-state index contributed by atoms with van der Waals surface area (Å²) in [5.74, 6) is 0.565. The summed E-state index contributed by atoms with van der Waals surface area (Å²) >= 11 is 6.61. The van der Waals surface area contributed by atoms with Crippen LogP contribution in [0.15, 0.2) is 67.0 Å². The van der Waals surface area contributed by atoms with Gasteiger partial charge in [-0.15, -0.1) is 0 Å². The van der Waals surface area contributed by atoms with Gasteiger partial charge in [0.2, 0.25) is 0 Å². The van der Waals surface area contributed by atoms with Gasteiger partial charge in [0, 0.05) is 49.2 Å². The third kappa shape index (κ3) is 12.1. The molecule has 0 radical (unpaired) electrons. The van der Waals surface area contributed by atoms with Crippen molar-refractivity contribution in [2.45, 2.75) is 59.8 Å². The second-order valence-corrected chi connectivity index (χ2v) is 14.0. The maximum Gasteiger partial charge on any atom is 0.315 e. The number of hydrogen-bond donors (Lipinski definition) is 4. The molecule has 14 heteroatoms. The summed E-state index contributed by atoms with van der Waals surface area (Å²) < 4.78 is 23.8. The molecule has 0 spiro atoms. The van der Waals surface area contributed by atoms with E-state index in [1.165, 1.54) is 6.20 Å². The number of carbonyl (C=O) groups excluding carboxylic acids is 1. The summed E-state index contributed by atoms with van der Waals surface area (Å²) in [7, 11) is 0. The molecule has 3 aromatic carbocycles. The molecule has 1 aliphatic heterocycles. The molecule has 1 fully saturated rings. The molecule has 1 aliphatic rings. The van der Waals surface area contributed by atoms with Crippen LogP contribution in [-0.4, -0.2) is 83.2 Å². The van der Waals surface area contributed by atoms with E-state index in [4.69, 9.17) is 46.5 Å². The van der Waals surface area contributed by atoms with Gasteiger partial charge < -0.3 is 44.9 Å². The number of aromatic nitrogens is 1. The zero-order chi connectivity index (χ0) is 41.4. The Bertz CT molecular complexity index is 2020. The van der Waals surface area contributed by atoms with Gasteiger partial charge in [-0.1, -0.05) is 41.9 Å². The molecular weight excluding hydrogens is 752 g/mol. The number of hydrogen-bond acceptors (Lipinski definition) is 12. The molecule has 1 atom stereocenters. The lowest BCUT2D eigenvalue weighted by molar-refractivity contribution is -0.157. The van der Waals surface area contributed by atoms with Crippen molar-refractivity contribution in [1.82, 2.24) is 9.88 Å². The lowest BCUT2D eigenvalue weighted by Crippen LogP contribution is -2.39. The number of aliphatic hydroxyl groups is 2. The van der Waals surface area contributed by atoms with Crippen molar-refractivity contribution >= 4 is 23.5 Å². The zero-order valence-corrected chi connectivity index (χ0v) is 33.4. The van der Waals surface area contributed by atoms with Crippen LogP contribution in [0, 0.1) is 30.6 Å². The van der Waals surface area contributed by atoms with Crippen LogP contribution in [0.4, 0.5) is 0 Å². The topological polar surface area (TPSA) is 198 Å². The molecular formula is C43H51ClN4O9. The number of likely N-dealkylation sites (tertiary alicyclic amines) is 1. The molecule has 0 amide bonds. The van der Waals surface area contributed by atoms with Crippen LogP contribution < -0.4 is 19.9 Å². The number of halogens is 1. The average Bonchev–Trinajstić information content (AvgIpc) is 3.64. The van der Waals surface area contributed by atoms with E-state index in [0.29, 0.717) is 48.3 Å². The molecule has 5 rings (SSSR count). The molecule has 57 heavy (non-hydrogen) atoms. The number of ether oxygens (including phenoxy) is 4. The highest BCUT2D eigenvalue weighted by Crippen LogP contribution is 2.37. The zero-order valence-electron chi connectivity index (χ0n) is 32.6. The highest BCUT2D eigenvalue weighted by molar-refractivity contribution is 6.32. The lowest BCUT2D eigenvalue weighted by atomic mass is 9.88. The maximum atomic E-state index is 12.5. The Morgan fingerprint density at radius 1 is 0.965 bits per heavy atom. The first-order valence-electron chi connectivity index (χ1n) is 18.8. The van der Waals surface area contributed by atoms with E-state index in [0.717, 1.165) is 64.2 Å². The first-order valence-corrected chi connectivity index (χ1v) is 19.1. The fraction of sp³-hybridized carbons (Fsp3) is 0.395. The van der Waals surface area contributed by atoms with Crippen molar-refractivity contribution in [3.63, 3.8) is 0 Å². The predicted molar refractivity (Wildman–Crippen MR) is 215 cm³/mol. The van der Waals surface area contributed by atoms with Crippen molar-refractivity contribution in [2.75, 3.05) is 46.1 Å². The first kappa shape index (κ1) is 44.5. The fourth-order valence-electron chi connectivity index (χ4n) is 6.48. The quantitative estimate of drug-likeness (QED) is 0.0678. The van der Waals surface area contributed by atoms with Crippen LogP contribution in [0.2, 0.25) is 5.02 Å². The molecule has 1 saturated heterocycles. The van der Waals surface area contributed by atoms with Gasteiger partial charge in [-0.05, 0) is 86.2 Å². The predicted octanol–water partition coefficient (Wildman–Crippen LogP) is 5.98.